The van der Waals surface area contributed by atoms with E-state index in [9.17, 15) is 0 Å². The first-order valence-electron chi connectivity index (χ1n) is 12.1. The van der Waals surface area contributed by atoms with Crippen molar-refractivity contribution in [2.45, 2.75) is 47.0 Å². The highest BCUT2D eigenvalue weighted by atomic mass is 32.1. The lowest BCUT2D eigenvalue weighted by atomic mass is 9.82. The van der Waals surface area contributed by atoms with E-state index in [1.165, 1.54) is 48.0 Å². The maximum Gasteiger partial charge on any atom is 0.153 e. The third-order valence-electron chi connectivity index (χ3n) is 6.93. The van der Waals surface area contributed by atoms with Crippen LogP contribution in [0, 0.1) is 20.8 Å². The molecule has 0 bridgehead atoms. The Bertz CT molecular complexity index is 1740. The summed E-state index contributed by atoms with van der Waals surface area (Å²) < 4.78 is 8.88. The Labute approximate surface area is 210 Å². The lowest BCUT2D eigenvalue weighted by Gasteiger charge is -2.22. The molecule has 0 atom stereocenters. The van der Waals surface area contributed by atoms with Gasteiger partial charge in [-0.15, -0.1) is 11.3 Å². The Morgan fingerprint density at radius 3 is 2.31 bits per heavy atom. The fourth-order valence-electron chi connectivity index (χ4n) is 5.44. The Morgan fingerprint density at radius 1 is 0.829 bits per heavy atom. The summed E-state index contributed by atoms with van der Waals surface area (Å²) in [6.07, 6.45) is 1.92. The first kappa shape index (κ1) is 22.1. The molecular weight excluding hydrogens is 446 g/mol. The minimum absolute atomic E-state index is 0.0330. The quantitative estimate of drug-likeness (QED) is 0.249. The smallest absolute Gasteiger partial charge is 0.153 e. The highest BCUT2D eigenvalue weighted by Crippen LogP contribution is 2.44. The number of hydrogen-bond acceptors (Lipinski definition) is 3. The highest BCUT2D eigenvalue weighted by molar-refractivity contribution is 7.26. The van der Waals surface area contributed by atoms with Crippen molar-refractivity contribution in [2.24, 2.45) is 0 Å². The molecule has 0 aliphatic rings. The fourth-order valence-corrected chi connectivity index (χ4v) is 6.61. The van der Waals surface area contributed by atoms with Crippen LogP contribution in [0.5, 0.6) is 0 Å². The van der Waals surface area contributed by atoms with E-state index < -0.39 is 0 Å². The SMILES string of the molecule is Cc1cc(C)c(-c2cc3sc4c(-c5cc(C(C)(C)C)c6ccccc6c5)nccc4c3o2)c(C)c1. The standard InChI is InChI=1S/C32H29NOS/c1-18-13-19(2)28(20(3)14-18)26-17-27-30(34-26)24-11-12-33-29(31(24)35-27)22-15-21-9-7-8-10-23(21)25(16-22)32(4,5)6/h7-17H,1-6H3. The first-order valence-corrected chi connectivity index (χ1v) is 13.0. The van der Waals surface area contributed by atoms with Crippen molar-refractivity contribution in [1.82, 2.24) is 4.98 Å². The lowest BCUT2D eigenvalue weighted by Crippen LogP contribution is -2.12. The van der Waals surface area contributed by atoms with Crippen LogP contribution in [0.4, 0.5) is 0 Å². The third-order valence-corrected chi connectivity index (χ3v) is 8.07. The van der Waals surface area contributed by atoms with Gasteiger partial charge >= 0.3 is 0 Å². The van der Waals surface area contributed by atoms with Crippen LogP contribution in [0.15, 0.2) is 71.3 Å². The van der Waals surface area contributed by atoms with E-state index in [1.807, 2.05) is 6.20 Å². The maximum atomic E-state index is 6.53. The fraction of sp³-hybridized carbons (Fsp3) is 0.219. The van der Waals surface area contributed by atoms with Crippen molar-refractivity contribution in [3.05, 3.63) is 89.1 Å². The summed E-state index contributed by atoms with van der Waals surface area (Å²) in [5, 5.41) is 3.69. The van der Waals surface area contributed by atoms with Crippen LogP contribution in [0.3, 0.4) is 0 Å². The molecule has 0 saturated carbocycles. The van der Waals surface area contributed by atoms with Gasteiger partial charge in [-0.05, 0) is 71.8 Å². The predicted octanol–water partition coefficient (Wildman–Crippen LogP) is 9.75. The molecule has 0 saturated heterocycles. The van der Waals surface area contributed by atoms with Gasteiger partial charge in [-0.25, -0.2) is 0 Å². The van der Waals surface area contributed by atoms with Gasteiger partial charge in [-0.3, -0.25) is 4.98 Å². The molecule has 0 aliphatic heterocycles. The summed E-state index contributed by atoms with van der Waals surface area (Å²) >= 11 is 1.78. The average Bonchev–Trinajstić information content (AvgIpc) is 3.35. The van der Waals surface area contributed by atoms with Crippen LogP contribution in [0.2, 0.25) is 0 Å². The Morgan fingerprint density at radius 2 is 1.57 bits per heavy atom. The number of aryl methyl sites for hydroxylation is 3. The summed E-state index contributed by atoms with van der Waals surface area (Å²) in [7, 11) is 0. The van der Waals surface area contributed by atoms with Gasteiger partial charge < -0.3 is 4.42 Å². The molecule has 0 aliphatic carbocycles. The molecule has 6 rings (SSSR count). The molecule has 2 nitrogen and oxygen atoms in total. The average molecular weight is 476 g/mol. The number of fused-ring (bicyclic) bond motifs is 4. The molecule has 6 aromatic rings. The monoisotopic (exact) mass is 475 g/mol. The van der Waals surface area contributed by atoms with Crippen molar-refractivity contribution < 1.29 is 4.42 Å². The van der Waals surface area contributed by atoms with Gasteiger partial charge in [0, 0.05) is 28.8 Å². The molecule has 3 heterocycles. The molecule has 0 N–H and O–H groups in total. The van der Waals surface area contributed by atoms with E-state index in [2.05, 4.69) is 102 Å². The summed E-state index contributed by atoms with van der Waals surface area (Å²) in [4.78, 5) is 4.87. The van der Waals surface area contributed by atoms with Crippen LogP contribution >= 0.6 is 11.3 Å². The van der Waals surface area contributed by atoms with Crippen LogP contribution in [-0.4, -0.2) is 4.98 Å². The van der Waals surface area contributed by atoms with Gasteiger partial charge in [-0.1, -0.05) is 62.7 Å². The van der Waals surface area contributed by atoms with Gasteiger partial charge in [0.05, 0.1) is 15.1 Å². The summed E-state index contributed by atoms with van der Waals surface area (Å²) in [6, 6.07) is 22.0. The number of furan rings is 1. The van der Waals surface area contributed by atoms with E-state index in [0.29, 0.717) is 0 Å². The van der Waals surface area contributed by atoms with Crippen LogP contribution in [0.1, 0.15) is 43.0 Å². The number of thiophene rings is 1. The van der Waals surface area contributed by atoms with Crippen LogP contribution < -0.4 is 0 Å². The van der Waals surface area contributed by atoms with Gasteiger partial charge in [0.15, 0.2) is 5.58 Å². The Balaban J connectivity index is 1.57. The highest BCUT2D eigenvalue weighted by Gasteiger charge is 2.21. The maximum absolute atomic E-state index is 6.53. The van der Waals surface area contributed by atoms with E-state index in [4.69, 9.17) is 9.40 Å². The molecule has 0 amide bonds. The van der Waals surface area contributed by atoms with Gasteiger partial charge in [-0.2, -0.15) is 0 Å². The zero-order valence-corrected chi connectivity index (χ0v) is 21.9. The molecule has 0 spiro atoms. The normalized spacial score (nSPS) is 12.3. The van der Waals surface area contributed by atoms with E-state index in [-0.39, 0.29) is 5.41 Å². The number of pyridine rings is 1. The number of aromatic nitrogens is 1. The zero-order valence-electron chi connectivity index (χ0n) is 21.1. The zero-order chi connectivity index (χ0) is 24.5. The Kier molecular flexibility index (Phi) is 4.91. The van der Waals surface area contributed by atoms with Crippen molar-refractivity contribution >= 4 is 42.5 Å². The number of nitrogens with zero attached hydrogens (tertiary/aromatic N) is 1. The molecule has 174 valence electrons. The van der Waals surface area contributed by atoms with Crippen LogP contribution in [0.25, 0.3) is 53.7 Å². The summed E-state index contributed by atoms with van der Waals surface area (Å²) in [5.41, 5.74) is 9.51. The summed E-state index contributed by atoms with van der Waals surface area (Å²) in [6.45, 7) is 13.3. The van der Waals surface area contributed by atoms with Gasteiger partial charge in [0.1, 0.15) is 5.76 Å². The van der Waals surface area contributed by atoms with Crippen molar-refractivity contribution in [3.8, 4) is 22.6 Å². The second-order valence-corrected chi connectivity index (χ2v) is 11.8. The molecule has 0 radical (unpaired) electrons. The number of hydrogen-bond donors (Lipinski definition) is 0. The van der Waals surface area contributed by atoms with E-state index >= 15 is 0 Å². The topological polar surface area (TPSA) is 26.0 Å². The molecule has 3 heteroatoms. The minimum atomic E-state index is 0.0330. The second-order valence-electron chi connectivity index (χ2n) is 10.7. The van der Waals surface area contributed by atoms with Crippen molar-refractivity contribution in [1.29, 1.82) is 0 Å². The van der Waals surface area contributed by atoms with Gasteiger partial charge in [0.25, 0.3) is 0 Å². The number of rotatable bonds is 2. The van der Waals surface area contributed by atoms with Crippen LogP contribution in [-0.2, 0) is 5.41 Å². The van der Waals surface area contributed by atoms with Gasteiger partial charge in [0.2, 0.25) is 0 Å². The molecule has 0 unspecified atom stereocenters. The minimum Gasteiger partial charge on any atom is -0.454 e. The lowest BCUT2D eigenvalue weighted by molar-refractivity contribution is 0.596. The van der Waals surface area contributed by atoms with Crippen molar-refractivity contribution in [2.75, 3.05) is 0 Å². The molecule has 0 fully saturated rings. The van der Waals surface area contributed by atoms with E-state index in [0.717, 1.165) is 28.0 Å². The summed E-state index contributed by atoms with van der Waals surface area (Å²) in [5.74, 6) is 0.947. The molecular formula is C32H29NOS. The third kappa shape index (κ3) is 3.57. The predicted molar refractivity (Wildman–Crippen MR) is 151 cm³/mol. The van der Waals surface area contributed by atoms with E-state index in [1.54, 1.807) is 11.3 Å². The number of benzene rings is 3. The second kappa shape index (κ2) is 7.79. The van der Waals surface area contributed by atoms with Crippen molar-refractivity contribution in [3.63, 3.8) is 0 Å². The Hall–Kier alpha value is -3.43. The molecule has 3 aromatic carbocycles. The molecule has 3 aromatic heterocycles. The largest absolute Gasteiger partial charge is 0.454 e. The first-order chi connectivity index (χ1) is 16.7. The molecule has 35 heavy (non-hydrogen) atoms.